The highest BCUT2D eigenvalue weighted by molar-refractivity contribution is 5.77. The molecule has 0 aliphatic rings. The standard InChI is InChI=1S/C19H20F3NO3/c1-13-5-3-8-17(14(13)2)25-10-9-23-18(24)12-26-16-7-4-6-15(11-16)19(20,21)22/h3-8,11H,9-10,12H2,1-2H3,(H,23,24). The van der Waals surface area contributed by atoms with Crippen molar-refractivity contribution in [2.75, 3.05) is 19.8 Å². The molecule has 0 saturated carbocycles. The number of amides is 1. The minimum atomic E-state index is -4.45. The maximum absolute atomic E-state index is 12.6. The lowest BCUT2D eigenvalue weighted by molar-refractivity contribution is -0.137. The summed E-state index contributed by atoms with van der Waals surface area (Å²) >= 11 is 0. The van der Waals surface area contributed by atoms with Crippen molar-refractivity contribution < 1.29 is 27.4 Å². The van der Waals surface area contributed by atoms with Crippen LogP contribution >= 0.6 is 0 Å². The van der Waals surface area contributed by atoms with Crippen LogP contribution in [-0.2, 0) is 11.0 Å². The van der Waals surface area contributed by atoms with Crippen molar-refractivity contribution in [3.63, 3.8) is 0 Å². The fraction of sp³-hybridized carbons (Fsp3) is 0.316. The molecule has 0 bridgehead atoms. The van der Waals surface area contributed by atoms with Crippen LogP contribution in [0.4, 0.5) is 13.2 Å². The predicted octanol–water partition coefficient (Wildman–Crippen LogP) is 3.90. The van der Waals surface area contributed by atoms with Crippen LogP contribution in [0.15, 0.2) is 42.5 Å². The summed E-state index contributed by atoms with van der Waals surface area (Å²) in [4.78, 5) is 11.7. The van der Waals surface area contributed by atoms with Crippen molar-refractivity contribution in [2.45, 2.75) is 20.0 Å². The van der Waals surface area contributed by atoms with Crippen LogP contribution in [0.25, 0.3) is 0 Å². The second kappa shape index (κ2) is 8.60. The Bertz CT molecular complexity index is 760. The lowest BCUT2D eigenvalue weighted by Gasteiger charge is -2.12. The van der Waals surface area contributed by atoms with Gasteiger partial charge in [0, 0.05) is 0 Å². The van der Waals surface area contributed by atoms with E-state index in [1.54, 1.807) is 0 Å². The molecule has 140 valence electrons. The quantitative estimate of drug-likeness (QED) is 0.755. The van der Waals surface area contributed by atoms with Gasteiger partial charge in [-0.2, -0.15) is 13.2 Å². The first-order chi connectivity index (χ1) is 12.3. The molecule has 0 aliphatic carbocycles. The predicted molar refractivity (Wildman–Crippen MR) is 91.4 cm³/mol. The van der Waals surface area contributed by atoms with Gasteiger partial charge in [0.15, 0.2) is 6.61 Å². The molecule has 0 atom stereocenters. The number of nitrogens with one attached hydrogen (secondary N) is 1. The molecule has 0 aliphatic heterocycles. The lowest BCUT2D eigenvalue weighted by Crippen LogP contribution is -2.32. The van der Waals surface area contributed by atoms with Crippen LogP contribution in [0, 0.1) is 13.8 Å². The number of carbonyl (C=O) groups is 1. The highest BCUT2D eigenvalue weighted by atomic mass is 19.4. The van der Waals surface area contributed by atoms with Crippen LogP contribution in [0.2, 0.25) is 0 Å². The maximum atomic E-state index is 12.6. The summed E-state index contributed by atoms with van der Waals surface area (Å²) in [5.74, 6) is 0.299. The Kier molecular flexibility index (Phi) is 6.49. The first kappa shape index (κ1) is 19.6. The van der Waals surface area contributed by atoms with E-state index in [0.717, 1.165) is 29.0 Å². The minimum absolute atomic E-state index is 0.0124. The Morgan fingerprint density at radius 1 is 1.08 bits per heavy atom. The summed E-state index contributed by atoms with van der Waals surface area (Å²) in [6.07, 6.45) is -4.45. The fourth-order valence-electron chi connectivity index (χ4n) is 2.19. The van der Waals surface area contributed by atoms with Crippen molar-refractivity contribution in [1.82, 2.24) is 5.32 Å². The van der Waals surface area contributed by atoms with Gasteiger partial charge in [0.2, 0.25) is 0 Å². The minimum Gasteiger partial charge on any atom is -0.491 e. The third kappa shape index (κ3) is 5.68. The van der Waals surface area contributed by atoms with E-state index in [1.807, 2.05) is 32.0 Å². The zero-order valence-corrected chi connectivity index (χ0v) is 14.5. The summed E-state index contributed by atoms with van der Waals surface area (Å²) in [5.41, 5.74) is 1.32. The molecule has 7 heteroatoms. The van der Waals surface area contributed by atoms with E-state index in [2.05, 4.69) is 5.32 Å². The molecule has 0 saturated heterocycles. The number of hydrogen-bond donors (Lipinski definition) is 1. The van der Waals surface area contributed by atoms with Crippen LogP contribution in [0.5, 0.6) is 11.5 Å². The van der Waals surface area contributed by atoms with Gasteiger partial charge in [0.25, 0.3) is 5.91 Å². The number of rotatable bonds is 7. The Morgan fingerprint density at radius 3 is 2.54 bits per heavy atom. The molecular weight excluding hydrogens is 347 g/mol. The number of halogens is 3. The molecule has 2 aromatic carbocycles. The summed E-state index contributed by atoms with van der Waals surface area (Å²) in [5, 5.41) is 2.59. The first-order valence-corrected chi connectivity index (χ1v) is 8.03. The van der Waals surface area contributed by atoms with Gasteiger partial charge in [0.1, 0.15) is 18.1 Å². The van der Waals surface area contributed by atoms with Crippen molar-refractivity contribution in [1.29, 1.82) is 0 Å². The van der Waals surface area contributed by atoms with Gasteiger partial charge < -0.3 is 14.8 Å². The normalized spacial score (nSPS) is 11.1. The molecule has 1 N–H and O–H groups in total. The summed E-state index contributed by atoms with van der Waals surface area (Å²) < 4.78 is 48.6. The Labute approximate surface area is 149 Å². The summed E-state index contributed by atoms with van der Waals surface area (Å²) in [6.45, 7) is 4.10. The zero-order chi connectivity index (χ0) is 19.2. The van der Waals surface area contributed by atoms with Gasteiger partial charge in [-0.1, -0.05) is 18.2 Å². The van der Waals surface area contributed by atoms with Crippen LogP contribution in [0.3, 0.4) is 0 Å². The average Bonchev–Trinajstić information content (AvgIpc) is 2.60. The van der Waals surface area contributed by atoms with E-state index in [9.17, 15) is 18.0 Å². The second-order valence-electron chi connectivity index (χ2n) is 5.71. The fourth-order valence-corrected chi connectivity index (χ4v) is 2.19. The zero-order valence-electron chi connectivity index (χ0n) is 14.5. The summed E-state index contributed by atoms with van der Waals surface area (Å²) in [6, 6.07) is 10.1. The molecule has 0 unspecified atom stereocenters. The van der Waals surface area contributed by atoms with E-state index < -0.39 is 17.6 Å². The Morgan fingerprint density at radius 2 is 1.81 bits per heavy atom. The number of alkyl halides is 3. The van der Waals surface area contributed by atoms with Gasteiger partial charge in [-0.05, 0) is 49.2 Å². The first-order valence-electron chi connectivity index (χ1n) is 8.03. The molecule has 4 nitrogen and oxygen atoms in total. The molecule has 0 fully saturated rings. The molecule has 2 aromatic rings. The number of ether oxygens (including phenoxy) is 2. The Hall–Kier alpha value is -2.70. The van der Waals surface area contributed by atoms with Gasteiger partial charge >= 0.3 is 6.18 Å². The van der Waals surface area contributed by atoms with E-state index in [-0.39, 0.29) is 25.5 Å². The number of aryl methyl sites for hydroxylation is 1. The highest BCUT2D eigenvalue weighted by Gasteiger charge is 2.30. The molecule has 26 heavy (non-hydrogen) atoms. The number of benzene rings is 2. The highest BCUT2D eigenvalue weighted by Crippen LogP contribution is 2.31. The van der Waals surface area contributed by atoms with Crippen LogP contribution in [0.1, 0.15) is 16.7 Å². The monoisotopic (exact) mass is 367 g/mol. The van der Waals surface area contributed by atoms with Crippen molar-refractivity contribution in [3.05, 3.63) is 59.2 Å². The van der Waals surface area contributed by atoms with E-state index in [1.165, 1.54) is 12.1 Å². The van der Waals surface area contributed by atoms with Crippen molar-refractivity contribution in [3.8, 4) is 11.5 Å². The second-order valence-corrected chi connectivity index (χ2v) is 5.71. The van der Waals surface area contributed by atoms with Crippen molar-refractivity contribution in [2.24, 2.45) is 0 Å². The van der Waals surface area contributed by atoms with Gasteiger partial charge in [-0.15, -0.1) is 0 Å². The number of hydrogen-bond acceptors (Lipinski definition) is 3. The van der Waals surface area contributed by atoms with Gasteiger partial charge in [-0.25, -0.2) is 0 Å². The van der Waals surface area contributed by atoms with Gasteiger partial charge in [0.05, 0.1) is 12.1 Å². The van der Waals surface area contributed by atoms with Crippen LogP contribution in [-0.4, -0.2) is 25.7 Å². The lowest BCUT2D eigenvalue weighted by atomic mass is 10.1. The molecule has 0 spiro atoms. The SMILES string of the molecule is Cc1cccc(OCCNC(=O)COc2cccc(C(F)(F)F)c2)c1C. The maximum Gasteiger partial charge on any atom is 0.416 e. The van der Waals surface area contributed by atoms with E-state index in [4.69, 9.17) is 9.47 Å². The molecule has 2 rings (SSSR count). The largest absolute Gasteiger partial charge is 0.491 e. The van der Waals surface area contributed by atoms with E-state index in [0.29, 0.717) is 0 Å². The van der Waals surface area contributed by atoms with E-state index >= 15 is 0 Å². The molecule has 0 aromatic heterocycles. The molecule has 0 radical (unpaired) electrons. The third-order valence-electron chi connectivity index (χ3n) is 3.77. The smallest absolute Gasteiger partial charge is 0.416 e. The van der Waals surface area contributed by atoms with Gasteiger partial charge in [-0.3, -0.25) is 4.79 Å². The third-order valence-corrected chi connectivity index (χ3v) is 3.77. The Balaban J connectivity index is 1.73. The van der Waals surface area contributed by atoms with Crippen LogP contribution < -0.4 is 14.8 Å². The summed E-state index contributed by atoms with van der Waals surface area (Å²) in [7, 11) is 0. The molecular formula is C19H20F3NO3. The number of carbonyl (C=O) groups excluding carboxylic acids is 1. The molecule has 0 heterocycles. The topological polar surface area (TPSA) is 47.6 Å². The van der Waals surface area contributed by atoms with Crippen molar-refractivity contribution >= 4 is 5.91 Å². The molecule has 1 amide bonds. The average molecular weight is 367 g/mol.